The molecule has 2 nitrogen and oxygen atoms in total. The minimum atomic E-state index is 0.338. The second kappa shape index (κ2) is 6.04. The van der Waals surface area contributed by atoms with Crippen molar-refractivity contribution >= 4 is 28.8 Å². The second-order valence-corrected chi connectivity index (χ2v) is 5.11. The number of nitrogens with two attached hydrogens (primary N) is 1. The molecule has 2 rings (SSSR count). The van der Waals surface area contributed by atoms with Crippen LogP contribution in [-0.2, 0) is 6.61 Å². The normalized spacial score (nSPS) is 10.2. The van der Waals surface area contributed by atoms with E-state index in [1.54, 1.807) is 0 Å². The third kappa shape index (κ3) is 3.46. The van der Waals surface area contributed by atoms with Gasteiger partial charge in [-0.2, -0.15) is 0 Å². The van der Waals surface area contributed by atoms with Crippen molar-refractivity contribution in [1.29, 1.82) is 0 Å². The van der Waals surface area contributed by atoms with Gasteiger partial charge in [0.15, 0.2) is 0 Å². The molecule has 0 saturated carbocycles. The fourth-order valence-corrected chi connectivity index (χ4v) is 2.19. The van der Waals surface area contributed by atoms with E-state index >= 15 is 0 Å². The molecule has 4 heteroatoms. The van der Waals surface area contributed by atoms with Crippen molar-refractivity contribution in [3.05, 3.63) is 64.2 Å². The molecule has 2 N–H and O–H groups in total. The molecule has 0 heterocycles. The standard InChI is InChI=1S/C15H14ClNOS/c1-10-4-2-7-13(15(17)19)14(10)18-9-11-5-3-6-12(16)8-11/h2-8H,9H2,1H3,(H2,17,19). The quantitative estimate of drug-likeness (QED) is 0.869. The van der Waals surface area contributed by atoms with Crippen LogP contribution < -0.4 is 10.5 Å². The van der Waals surface area contributed by atoms with Crippen LogP contribution in [0.25, 0.3) is 0 Å². The van der Waals surface area contributed by atoms with Crippen LogP contribution in [0.5, 0.6) is 5.75 Å². The van der Waals surface area contributed by atoms with Crippen LogP contribution in [-0.4, -0.2) is 4.99 Å². The van der Waals surface area contributed by atoms with Gasteiger partial charge in [-0.1, -0.05) is 48.1 Å². The van der Waals surface area contributed by atoms with E-state index in [0.717, 1.165) is 22.4 Å². The number of halogens is 1. The summed E-state index contributed by atoms with van der Waals surface area (Å²) in [5.74, 6) is 0.731. The zero-order chi connectivity index (χ0) is 13.8. The molecule has 0 bridgehead atoms. The topological polar surface area (TPSA) is 35.2 Å². The fraction of sp³-hybridized carbons (Fsp3) is 0.133. The number of aryl methyl sites for hydroxylation is 1. The van der Waals surface area contributed by atoms with Crippen LogP contribution in [0.2, 0.25) is 5.02 Å². The lowest BCUT2D eigenvalue weighted by molar-refractivity contribution is 0.303. The summed E-state index contributed by atoms with van der Waals surface area (Å²) in [6, 6.07) is 13.3. The van der Waals surface area contributed by atoms with Gasteiger partial charge in [-0.15, -0.1) is 0 Å². The number of hydrogen-bond donors (Lipinski definition) is 1. The van der Waals surface area contributed by atoms with E-state index in [-0.39, 0.29) is 0 Å². The van der Waals surface area contributed by atoms with Crippen molar-refractivity contribution < 1.29 is 4.74 Å². The average molecular weight is 292 g/mol. The van der Waals surface area contributed by atoms with Crippen molar-refractivity contribution in [3.8, 4) is 5.75 Å². The van der Waals surface area contributed by atoms with Gasteiger partial charge in [0.1, 0.15) is 17.3 Å². The predicted molar refractivity (Wildman–Crippen MR) is 82.9 cm³/mol. The van der Waals surface area contributed by atoms with E-state index in [1.807, 2.05) is 49.4 Å². The smallest absolute Gasteiger partial charge is 0.132 e. The molecule has 0 amide bonds. The van der Waals surface area contributed by atoms with Gasteiger partial charge in [-0.3, -0.25) is 0 Å². The lowest BCUT2D eigenvalue weighted by Crippen LogP contribution is -2.12. The molecule has 98 valence electrons. The lowest BCUT2D eigenvalue weighted by atomic mass is 10.1. The molecule has 0 aliphatic rings. The van der Waals surface area contributed by atoms with Crippen LogP contribution in [0.3, 0.4) is 0 Å². The highest BCUT2D eigenvalue weighted by Gasteiger charge is 2.09. The number of ether oxygens (including phenoxy) is 1. The van der Waals surface area contributed by atoms with E-state index in [2.05, 4.69) is 0 Å². The van der Waals surface area contributed by atoms with Gasteiger partial charge in [0.25, 0.3) is 0 Å². The Morgan fingerprint density at radius 1 is 1.26 bits per heavy atom. The molecular weight excluding hydrogens is 278 g/mol. The highest BCUT2D eigenvalue weighted by Crippen LogP contribution is 2.24. The summed E-state index contributed by atoms with van der Waals surface area (Å²) in [4.78, 5) is 0.338. The highest BCUT2D eigenvalue weighted by molar-refractivity contribution is 7.80. The summed E-state index contributed by atoms with van der Waals surface area (Å²) < 4.78 is 5.84. The van der Waals surface area contributed by atoms with Crippen molar-refractivity contribution in [2.45, 2.75) is 13.5 Å². The third-order valence-electron chi connectivity index (χ3n) is 2.75. The monoisotopic (exact) mass is 291 g/mol. The van der Waals surface area contributed by atoms with Gasteiger partial charge >= 0.3 is 0 Å². The predicted octanol–water partition coefficient (Wildman–Crippen LogP) is 3.86. The van der Waals surface area contributed by atoms with Gasteiger partial charge in [0.2, 0.25) is 0 Å². The van der Waals surface area contributed by atoms with Crippen LogP contribution in [0.15, 0.2) is 42.5 Å². The highest BCUT2D eigenvalue weighted by atomic mass is 35.5. The summed E-state index contributed by atoms with van der Waals surface area (Å²) in [6.45, 7) is 2.40. The molecule has 0 aliphatic carbocycles. The Hall–Kier alpha value is -1.58. The number of benzene rings is 2. The van der Waals surface area contributed by atoms with E-state index in [9.17, 15) is 0 Å². The van der Waals surface area contributed by atoms with E-state index in [4.69, 9.17) is 34.3 Å². The summed E-state index contributed by atoms with van der Waals surface area (Å²) in [7, 11) is 0. The van der Waals surface area contributed by atoms with Crippen LogP contribution >= 0.6 is 23.8 Å². The Kier molecular flexibility index (Phi) is 4.40. The van der Waals surface area contributed by atoms with Crippen LogP contribution in [0.1, 0.15) is 16.7 Å². The van der Waals surface area contributed by atoms with E-state index in [1.165, 1.54) is 0 Å². The number of rotatable bonds is 4. The van der Waals surface area contributed by atoms with Crippen molar-refractivity contribution in [3.63, 3.8) is 0 Å². The second-order valence-electron chi connectivity index (χ2n) is 4.23. The maximum Gasteiger partial charge on any atom is 0.132 e. The first-order chi connectivity index (χ1) is 9.08. The first-order valence-corrected chi connectivity index (χ1v) is 6.63. The van der Waals surface area contributed by atoms with Gasteiger partial charge in [-0.05, 0) is 36.2 Å². The molecule has 0 unspecified atom stereocenters. The molecule has 0 radical (unpaired) electrons. The van der Waals surface area contributed by atoms with Crippen LogP contribution in [0, 0.1) is 6.92 Å². The van der Waals surface area contributed by atoms with Crippen molar-refractivity contribution in [1.82, 2.24) is 0 Å². The molecule has 0 aliphatic heterocycles. The molecule has 19 heavy (non-hydrogen) atoms. The van der Waals surface area contributed by atoms with E-state index in [0.29, 0.717) is 16.6 Å². The first kappa shape index (κ1) is 13.8. The molecule has 2 aromatic rings. The van der Waals surface area contributed by atoms with Crippen molar-refractivity contribution in [2.24, 2.45) is 5.73 Å². The fourth-order valence-electron chi connectivity index (χ4n) is 1.82. The molecule has 2 aromatic carbocycles. The summed E-state index contributed by atoms with van der Waals surface area (Å²) >= 11 is 11.0. The summed E-state index contributed by atoms with van der Waals surface area (Å²) in [5.41, 5.74) is 8.48. The largest absolute Gasteiger partial charge is 0.488 e. The molecule has 0 spiro atoms. The lowest BCUT2D eigenvalue weighted by Gasteiger charge is -2.13. The number of hydrogen-bond acceptors (Lipinski definition) is 2. The molecular formula is C15H14ClNOS. The van der Waals surface area contributed by atoms with Crippen LogP contribution in [0.4, 0.5) is 0 Å². The zero-order valence-corrected chi connectivity index (χ0v) is 12.1. The molecule has 0 atom stereocenters. The Morgan fingerprint density at radius 3 is 2.68 bits per heavy atom. The average Bonchev–Trinajstić information content (AvgIpc) is 2.37. The molecule has 0 aromatic heterocycles. The van der Waals surface area contributed by atoms with Crippen molar-refractivity contribution in [2.75, 3.05) is 0 Å². The Balaban J connectivity index is 2.22. The van der Waals surface area contributed by atoms with Gasteiger partial charge in [-0.25, -0.2) is 0 Å². The maximum absolute atomic E-state index is 5.94. The van der Waals surface area contributed by atoms with Gasteiger partial charge < -0.3 is 10.5 Å². The molecule has 0 fully saturated rings. The van der Waals surface area contributed by atoms with E-state index < -0.39 is 0 Å². The summed E-state index contributed by atoms with van der Waals surface area (Å²) in [5, 5.41) is 0.695. The zero-order valence-electron chi connectivity index (χ0n) is 10.5. The number of thiocarbonyl (C=S) groups is 1. The Labute approximate surface area is 123 Å². The maximum atomic E-state index is 5.94. The number of para-hydroxylation sites is 1. The Morgan fingerprint density at radius 2 is 2.00 bits per heavy atom. The molecule has 0 saturated heterocycles. The Bertz CT molecular complexity index is 613. The SMILES string of the molecule is Cc1cccc(C(N)=S)c1OCc1cccc(Cl)c1. The van der Waals surface area contributed by atoms with Gasteiger partial charge in [0.05, 0.1) is 5.56 Å². The van der Waals surface area contributed by atoms with Gasteiger partial charge in [0, 0.05) is 5.02 Å². The first-order valence-electron chi connectivity index (χ1n) is 5.84. The minimum absolute atomic E-state index is 0.338. The minimum Gasteiger partial charge on any atom is -0.488 e. The third-order valence-corrected chi connectivity index (χ3v) is 3.20. The summed E-state index contributed by atoms with van der Waals surface area (Å²) in [6.07, 6.45) is 0.